The predicted molar refractivity (Wildman–Crippen MR) is 87.8 cm³/mol. The Bertz CT molecular complexity index is 725. The van der Waals surface area contributed by atoms with E-state index in [4.69, 9.17) is 27.9 Å². The SMILES string of the molecule is C=C(Cc1c(Cl)nc(Cc2ccc([N+](=O)[O-])cc2)nc1Cl)OC. The van der Waals surface area contributed by atoms with E-state index >= 15 is 0 Å². The van der Waals surface area contributed by atoms with Crippen molar-refractivity contribution in [3.05, 3.63) is 74.0 Å². The van der Waals surface area contributed by atoms with Crippen LogP contribution in [0.2, 0.25) is 10.3 Å². The van der Waals surface area contributed by atoms with E-state index in [0.717, 1.165) is 5.56 Å². The second-order valence-electron chi connectivity index (χ2n) is 4.72. The van der Waals surface area contributed by atoms with Crippen LogP contribution in [0.3, 0.4) is 0 Å². The zero-order valence-electron chi connectivity index (χ0n) is 12.3. The minimum atomic E-state index is -0.453. The van der Waals surface area contributed by atoms with Gasteiger partial charge >= 0.3 is 0 Å². The highest BCUT2D eigenvalue weighted by Gasteiger charge is 2.14. The smallest absolute Gasteiger partial charge is 0.269 e. The second kappa shape index (κ2) is 7.39. The van der Waals surface area contributed by atoms with Crippen molar-refractivity contribution in [3.63, 3.8) is 0 Å². The number of benzene rings is 1. The highest BCUT2D eigenvalue weighted by molar-refractivity contribution is 6.34. The van der Waals surface area contributed by atoms with E-state index in [2.05, 4.69) is 16.5 Å². The van der Waals surface area contributed by atoms with E-state index in [9.17, 15) is 10.1 Å². The van der Waals surface area contributed by atoms with Crippen molar-refractivity contribution in [1.82, 2.24) is 9.97 Å². The minimum absolute atomic E-state index is 0.0270. The van der Waals surface area contributed by atoms with Crippen LogP contribution in [-0.4, -0.2) is 22.0 Å². The molecule has 0 saturated carbocycles. The summed E-state index contributed by atoms with van der Waals surface area (Å²) in [4.78, 5) is 18.6. The number of nitro groups is 1. The van der Waals surface area contributed by atoms with E-state index in [1.807, 2.05) is 0 Å². The summed E-state index contributed by atoms with van der Waals surface area (Å²) in [5.41, 5.74) is 1.39. The van der Waals surface area contributed by atoms with Gasteiger partial charge in [-0.25, -0.2) is 9.97 Å². The molecule has 2 aromatic rings. The molecule has 0 aliphatic carbocycles. The molecule has 2 rings (SSSR count). The first-order valence-corrected chi connectivity index (χ1v) is 7.32. The fourth-order valence-electron chi connectivity index (χ4n) is 1.88. The summed E-state index contributed by atoms with van der Waals surface area (Å²) in [6.07, 6.45) is 0.689. The Labute approximate surface area is 142 Å². The van der Waals surface area contributed by atoms with Crippen molar-refractivity contribution in [2.75, 3.05) is 7.11 Å². The molecule has 0 aliphatic heterocycles. The van der Waals surface area contributed by atoms with E-state index < -0.39 is 4.92 Å². The second-order valence-corrected chi connectivity index (χ2v) is 5.44. The van der Waals surface area contributed by atoms with Crippen LogP contribution in [-0.2, 0) is 17.6 Å². The fourth-order valence-corrected chi connectivity index (χ4v) is 2.44. The molecule has 23 heavy (non-hydrogen) atoms. The van der Waals surface area contributed by atoms with Crippen LogP contribution in [0.4, 0.5) is 5.69 Å². The molecule has 0 saturated heterocycles. The Balaban J connectivity index is 2.21. The maximum Gasteiger partial charge on any atom is 0.269 e. The Morgan fingerprint density at radius 3 is 2.30 bits per heavy atom. The Morgan fingerprint density at radius 1 is 1.26 bits per heavy atom. The van der Waals surface area contributed by atoms with Gasteiger partial charge in [0.25, 0.3) is 5.69 Å². The lowest BCUT2D eigenvalue weighted by atomic mass is 10.1. The average Bonchev–Trinajstić information content (AvgIpc) is 2.51. The van der Waals surface area contributed by atoms with Gasteiger partial charge in [0.2, 0.25) is 0 Å². The van der Waals surface area contributed by atoms with Gasteiger partial charge in [0.1, 0.15) is 16.1 Å². The molecule has 0 N–H and O–H groups in total. The highest BCUT2D eigenvalue weighted by atomic mass is 35.5. The lowest BCUT2D eigenvalue weighted by Crippen LogP contribution is -2.03. The molecule has 8 heteroatoms. The van der Waals surface area contributed by atoms with E-state index in [0.29, 0.717) is 30.0 Å². The van der Waals surface area contributed by atoms with Crippen molar-refractivity contribution < 1.29 is 9.66 Å². The fraction of sp³-hybridized carbons (Fsp3) is 0.200. The van der Waals surface area contributed by atoms with Gasteiger partial charge in [-0.3, -0.25) is 10.1 Å². The summed E-state index contributed by atoms with van der Waals surface area (Å²) in [7, 11) is 1.51. The van der Waals surface area contributed by atoms with Crippen molar-refractivity contribution in [2.45, 2.75) is 12.8 Å². The van der Waals surface area contributed by atoms with Crippen LogP contribution in [0.5, 0.6) is 0 Å². The molecule has 1 heterocycles. The molecule has 1 aromatic heterocycles. The molecule has 0 unspecified atom stereocenters. The molecule has 0 radical (unpaired) electrons. The van der Waals surface area contributed by atoms with Crippen molar-refractivity contribution in [3.8, 4) is 0 Å². The number of aromatic nitrogens is 2. The Morgan fingerprint density at radius 2 is 1.83 bits per heavy atom. The minimum Gasteiger partial charge on any atom is -0.501 e. The molecule has 120 valence electrons. The standard InChI is InChI=1S/C15H13Cl2N3O3/c1-9(23-2)7-12-14(16)18-13(19-15(12)17)8-10-3-5-11(6-4-10)20(21)22/h3-6H,1,7-8H2,2H3. The molecule has 6 nitrogen and oxygen atoms in total. The van der Waals surface area contributed by atoms with Crippen molar-refractivity contribution >= 4 is 28.9 Å². The molecule has 0 atom stereocenters. The first kappa shape index (κ1) is 17.2. The number of rotatable bonds is 6. The first-order chi connectivity index (χ1) is 10.9. The zero-order valence-corrected chi connectivity index (χ0v) is 13.8. The topological polar surface area (TPSA) is 78.2 Å². The van der Waals surface area contributed by atoms with E-state index in [1.54, 1.807) is 12.1 Å². The van der Waals surface area contributed by atoms with Crippen LogP contribution in [0.15, 0.2) is 36.6 Å². The summed E-state index contributed by atoms with van der Waals surface area (Å²) >= 11 is 12.3. The number of nitrogens with zero attached hydrogens (tertiary/aromatic N) is 3. The number of ether oxygens (including phenoxy) is 1. The lowest BCUT2D eigenvalue weighted by Gasteiger charge is -2.09. The Hall–Kier alpha value is -2.18. The van der Waals surface area contributed by atoms with Crippen molar-refractivity contribution in [1.29, 1.82) is 0 Å². The zero-order chi connectivity index (χ0) is 17.0. The molecule has 0 aliphatic rings. The maximum absolute atomic E-state index is 10.6. The third-order valence-electron chi connectivity index (χ3n) is 3.12. The molecule has 1 aromatic carbocycles. The molecule has 0 bridgehead atoms. The number of hydrogen-bond donors (Lipinski definition) is 0. The van der Waals surface area contributed by atoms with Crippen LogP contribution >= 0.6 is 23.2 Å². The van der Waals surface area contributed by atoms with E-state index in [-0.39, 0.29) is 16.0 Å². The van der Waals surface area contributed by atoms with Gasteiger partial charge < -0.3 is 4.74 Å². The Kier molecular flexibility index (Phi) is 5.52. The molecule has 0 spiro atoms. The number of hydrogen-bond acceptors (Lipinski definition) is 5. The molecule has 0 fully saturated rings. The largest absolute Gasteiger partial charge is 0.501 e. The third-order valence-corrected chi connectivity index (χ3v) is 3.75. The van der Waals surface area contributed by atoms with Gasteiger partial charge in [0, 0.05) is 30.5 Å². The highest BCUT2D eigenvalue weighted by Crippen LogP contribution is 2.25. The summed E-state index contributed by atoms with van der Waals surface area (Å²) in [6.45, 7) is 3.71. The average molecular weight is 354 g/mol. The van der Waals surface area contributed by atoms with Gasteiger partial charge in [0.15, 0.2) is 0 Å². The number of non-ortho nitro benzene ring substituents is 1. The number of halogens is 2. The van der Waals surface area contributed by atoms with E-state index in [1.165, 1.54) is 19.2 Å². The van der Waals surface area contributed by atoms with Crippen LogP contribution < -0.4 is 0 Å². The maximum atomic E-state index is 10.6. The molecular formula is C15H13Cl2N3O3. The molecular weight excluding hydrogens is 341 g/mol. The summed E-state index contributed by atoms with van der Waals surface area (Å²) in [5.74, 6) is 0.932. The molecule has 0 amide bonds. The first-order valence-electron chi connectivity index (χ1n) is 6.56. The monoisotopic (exact) mass is 353 g/mol. The summed E-state index contributed by atoms with van der Waals surface area (Å²) in [5, 5.41) is 11.1. The number of nitro benzene ring substituents is 1. The lowest BCUT2D eigenvalue weighted by molar-refractivity contribution is -0.384. The van der Waals surface area contributed by atoms with Gasteiger partial charge in [-0.05, 0) is 5.56 Å². The third kappa shape index (κ3) is 4.40. The van der Waals surface area contributed by atoms with Gasteiger partial charge in [-0.2, -0.15) is 0 Å². The summed E-state index contributed by atoms with van der Waals surface area (Å²) < 4.78 is 5.00. The van der Waals surface area contributed by atoms with Crippen LogP contribution in [0, 0.1) is 10.1 Å². The predicted octanol–water partition coefficient (Wildman–Crippen LogP) is 3.99. The van der Waals surface area contributed by atoms with Crippen molar-refractivity contribution in [2.24, 2.45) is 0 Å². The normalized spacial score (nSPS) is 10.4. The van der Waals surface area contributed by atoms with Gasteiger partial charge in [0.05, 0.1) is 17.8 Å². The number of allylic oxidation sites excluding steroid dienone is 1. The number of methoxy groups -OCH3 is 1. The quantitative estimate of drug-likeness (QED) is 0.339. The summed E-state index contributed by atoms with van der Waals surface area (Å²) in [6, 6.07) is 6.14. The van der Waals surface area contributed by atoms with Gasteiger partial charge in [-0.1, -0.05) is 41.9 Å². The van der Waals surface area contributed by atoms with Crippen LogP contribution in [0.1, 0.15) is 17.0 Å². The van der Waals surface area contributed by atoms with Crippen LogP contribution in [0.25, 0.3) is 0 Å². The van der Waals surface area contributed by atoms with Gasteiger partial charge in [-0.15, -0.1) is 0 Å².